The van der Waals surface area contributed by atoms with Crippen molar-refractivity contribution >= 4 is 40.4 Å². The van der Waals surface area contributed by atoms with Gasteiger partial charge in [-0.25, -0.2) is 0 Å². The maximum atomic E-state index is 11.5. The van der Waals surface area contributed by atoms with Gasteiger partial charge >= 0.3 is 0 Å². The van der Waals surface area contributed by atoms with Crippen LogP contribution in [0.2, 0.25) is 0 Å². The van der Waals surface area contributed by atoms with E-state index in [1.807, 2.05) is 6.07 Å². The minimum atomic E-state index is 0.0725. The van der Waals surface area contributed by atoms with Crippen LogP contribution >= 0.6 is 23.1 Å². The number of hydrogen-bond acceptors (Lipinski definition) is 4. The molecule has 1 unspecified atom stereocenters. The molecule has 3 rings (SSSR count). The summed E-state index contributed by atoms with van der Waals surface area (Å²) in [5.41, 5.74) is 1.96. The molecular weight excluding hydrogens is 300 g/mol. The van der Waals surface area contributed by atoms with E-state index < -0.39 is 0 Å². The third kappa shape index (κ3) is 3.24. The van der Waals surface area contributed by atoms with E-state index in [2.05, 4.69) is 54.1 Å². The fourth-order valence-electron chi connectivity index (χ4n) is 2.39. The number of nitrogens with one attached hydrogen (secondary N) is 2. The van der Waals surface area contributed by atoms with E-state index in [4.69, 9.17) is 0 Å². The van der Waals surface area contributed by atoms with E-state index in [1.54, 1.807) is 23.1 Å². The van der Waals surface area contributed by atoms with Gasteiger partial charge < -0.3 is 10.6 Å². The maximum Gasteiger partial charge on any atom is 0.234 e. The minimum absolute atomic E-state index is 0.0725. The van der Waals surface area contributed by atoms with E-state index in [0.29, 0.717) is 11.7 Å². The van der Waals surface area contributed by atoms with Crippen molar-refractivity contribution in [2.75, 3.05) is 16.4 Å². The van der Waals surface area contributed by atoms with Crippen LogP contribution in [0, 0.1) is 5.92 Å². The van der Waals surface area contributed by atoms with Gasteiger partial charge in [0.15, 0.2) is 0 Å². The molecule has 5 heteroatoms. The molecule has 0 spiro atoms. The lowest BCUT2D eigenvalue weighted by Crippen LogP contribution is -2.19. The Balaban J connectivity index is 1.83. The molecule has 2 N–H and O–H groups in total. The highest BCUT2D eigenvalue weighted by Crippen LogP contribution is 2.35. The molecule has 1 atom stereocenters. The third-order valence-electron chi connectivity index (χ3n) is 3.45. The zero-order valence-corrected chi connectivity index (χ0v) is 13.7. The van der Waals surface area contributed by atoms with Gasteiger partial charge in [-0.05, 0) is 35.6 Å². The molecule has 1 aromatic carbocycles. The molecule has 2 aromatic rings. The number of carbonyl (C=O) groups is 1. The fourth-order valence-corrected chi connectivity index (χ4v) is 4.12. The van der Waals surface area contributed by atoms with Gasteiger partial charge in [-0.3, -0.25) is 4.79 Å². The van der Waals surface area contributed by atoms with Crippen molar-refractivity contribution in [1.82, 2.24) is 0 Å². The van der Waals surface area contributed by atoms with Gasteiger partial charge in [-0.15, -0.1) is 23.1 Å². The summed E-state index contributed by atoms with van der Waals surface area (Å²) in [7, 11) is 0. The summed E-state index contributed by atoms with van der Waals surface area (Å²) < 4.78 is 0. The molecule has 0 fully saturated rings. The molecule has 2 heterocycles. The van der Waals surface area contributed by atoms with Crippen molar-refractivity contribution in [3.05, 3.63) is 40.6 Å². The first-order chi connectivity index (χ1) is 10.1. The molecule has 0 aliphatic carbocycles. The predicted molar refractivity (Wildman–Crippen MR) is 91.3 cm³/mol. The van der Waals surface area contributed by atoms with Crippen molar-refractivity contribution in [2.24, 2.45) is 5.92 Å². The Bertz CT molecular complexity index is 638. The van der Waals surface area contributed by atoms with E-state index in [1.165, 1.54) is 4.88 Å². The number of thiophene rings is 1. The number of carbonyl (C=O) groups excluding carboxylic acids is 1. The lowest BCUT2D eigenvalue weighted by Gasteiger charge is -2.24. The van der Waals surface area contributed by atoms with Crippen LogP contribution in [-0.4, -0.2) is 11.7 Å². The molecule has 0 bridgehead atoms. The number of anilines is 2. The van der Waals surface area contributed by atoms with Gasteiger partial charge in [0.25, 0.3) is 0 Å². The van der Waals surface area contributed by atoms with Crippen LogP contribution in [0.15, 0.2) is 40.6 Å². The largest absolute Gasteiger partial charge is 0.377 e. The molecule has 1 aromatic heterocycles. The van der Waals surface area contributed by atoms with Gasteiger partial charge in [0.2, 0.25) is 5.91 Å². The van der Waals surface area contributed by atoms with E-state index in [0.717, 1.165) is 16.3 Å². The minimum Gasteiger partial charge on any atom is -0.377 e. The topological polar surface area (TPSA) is 41.1 Å². The third-order valence-corrected chi connectivity index (χ3v) is 5.48. The van der Waals surface area contributed by atoms with Crippen molar-refractivity contribution in [3.63, 3.8) is 0 Å². The highest BCUT2D eigenvalue weighted by molar-refractivity contribution is 8.00. The number of hydrogen-bond donors (Lipinski definition) is 2. The standard InChI is InChI=1S/C16H18N2OS2/c1-10(2)16(14-4-3-7-20-14)17-11-5-6-13-12(8-11)18-15(19)9-21-13/h3-8,10,16-17H,9H2,1-2H3,(H,18,19). The van der Waals surface area contributed by atoms with Gasteiger partial charge in [0.1, 0.15) is 0 Å². The molecule has 0 saturated heterocycles. The predicted octanol–water partition coefficient (Wildman–Crippen LogP) is 4.60. The van der Waals surface area contributed by atoms with Crippen molar-refractivity contribution in [1.29, 1.82) is 0 Å². The molecule has 0 saturated carbocycles. The number of thioether (sulfide) groups is 1. The highest BCUT2D eigenvalue weighted by atomic mass is 32.2. The zero-order valence-electron chi connectivity index (χ0n) is 12.1. The first kappa shape index (κ1) is 14.5. The Morgan fingerprint density at radius 2 is 2.14 bits per heavy atom. The average molecular weight is 318 g/mol. The van der Waals surface area contributed by atoms with Crippen LogP contribution in [0.1, 0.15) is 24.8 Å². The smallest absolute Gasteiger partial charge is 0.234 e. The molecule has 1 aliphatic heterocycles. The molecule has 3 nitrogen and oxygen atoms in total. The number of fused-ring (bicyclic) bond motifs is 1. The number of amides is 1. The highest BCUT2D eigenvalue weighted by Gasteiger charge is 2.19. The normalized spacial score (nSPS) is 15.5. The summed E-state index contributed by atoms with van der Waals surface area (Å²) in [5, 5.41) is 8.64. The van der Waals surface area contributed by atoms with Crippen LogP contribution in [0.25, 0.3) is 0 Å². The summed E-state index contributed by atoms with van der Waals surface area (Å²) in [5.74, 6) is 1.07. The molecule has 1 aliphatic rings. The average Bonchev–Trinajstić information content (AvgIpc) is 2.97. The van der Waals surface area contributed by atoms with Crippen LogP contribution in [0.3, 0.4) is 0 Å². The molecule has 0 radical (unpaired) electrons. The quantitative estimate of drug-likeness (QED) is 0.865. The first-order valence-electron chi connectivity index (χ1n) is 7.00. The summed E-state index contributed by atoms with van der Waals surface area (Å²) in [6, 6.07) is 10.7. The van der Waals surface area contributed by atoms with Crippen molar-refractivity contribution in [3.8, 4) is 0 Å². The van der Waals surface area contributed by atoms with Gasteiger partial charge in [-0.2, -0.15) is 0 Å². The zero-order chi connectivity index (χ0) is 14.8. The Labute approximate surface area is 133 Å². The maximum absolute atomic E-state index is 11.5. The first-order valence-corrected chi connectivity index (χ1v) is 8.86. The second-order valence-electron chi connectivity index (χ2n) is 5.43. The lowest BCUT2D eigenvalue weighted by molar-refractivity contribution is -0.113. The van der Waals surface area contributed by atoms with Crippen LogP contribution in [0.5, 0.6) is 0 Å². The number of benzene rings is 1. The van der Waals surface area contributed by atoms with Crippen LogP contribution in [0.4, 0.5) is 11.4 Å². The Morgan fingerprint density at radius 1 is 1.29 bits per heavy atom. The van der Waals surface area contributed by atoms with Gasteiger partial charge in [-0.1, -0.05) is 19.9 Å². The van der Waals surface area contributed by atoms with E-state index in [-0.39, 0.29) is 11.9 Å². The fraction of sp³-hybridized carbons (Fsp3) is 0.312. The summed E-state index contributed by atoms with van der Waals surface area (Å²) in [4.78, 5) is 14.0. The van der Waals surface area contributed by atoms with Gasteiger partial charge in [0.05, 0.1) is 17.5 Å². The molecule has 110 valence electrons. The van der Waals surface area contributed by atoms with Crippen LogP contribution in [-0.2, 0) is 4.79 Å². The van der Waals surface area contributed by atoms with Crippen LogP contribution < -0.4 is 10.6 Å². The van der Waals surface area contributed by atoms with Crippen molar-refractivity contribution < 1.29 is 4.79 Å². The van der Waals surface area contributed by atoms with Crippen molar-refractivity contribution in [2.45, 2.75) is 24.8 Å². The molecule has 1 amide bonds. The Hall–Kier alpha value is -1.46. The summed E-state index contributed by atoms with van der Waals surface area (Å²) >= 11 is 3.36. The second kappa shape index (κ2) is 6.12. The van der Waals surface area contributed by atoms with E-state index >= 15 is 0 Å². The Kier molecular flexibility index (Phi) is 4.22. The number of rotatable bonds is 4. The second-order valence-corrected chi connectivity index (χ2v) is 7.43. The van der Waals surface area contributed by atoms with Gasteiger partial charge in [0, 0.05) is 15.5 Å². The summed E-state index contributed by atoms with van der Waals surface area (Å²) in [6.07, 6.45) is 0. The monoisotopic (exact) mass is 318 g/mol. The molecule has 21 heavy (non-hydrogen) atoms. The summed E-state index contributed by atoms with van der Waals surface area (Å²) in [6.45, 7) is 4.43. The SMILES string of the molecule is CC(C)C(Nc1ccc2c(c1)NC(=O)CS2)c1cccs1. The van der Waals surface area contributed by atoms with E-state index in [9.17, 15) is 4.79 Å². The molecular formula is C16H18N2OS2. The Morgan fingerprint density at radius 3 is 2.86 bits per heavy atom. The lowest BCUT2D eigenvalue weighted by atomic mass is 10.0.